The number of nitrogens with zero attached hydrogens (tertiary/aromatic N) is 3. The molecule has 2 rings (SSSR count). The smallest absolute Gasteiger partial charge is 0.137 e. The van der Waals surface area contributed by atoms with E-state index in [4.69, 9.17) is 4.74 Å². The van der Waals surface area contributed by atoms with E-state index in [0.717, 1.165) is 28.9 Å². The number of methoxy groups -OCH3 is 1. The highest BCUT2D eigenvalue weighted by molar-refractivity contribution is 9.10. The van der Waals surface area contributed by atoms with Crippen molar-refractivity contribution in [2.24, 2.45) is 0 Å². The number of aromatic nitrogens is 3. The van der Waals surface area contributed by atoms with E-state index < -0.39 is 0 Å². The molecule has 1 aromatic heterocycles. The van der Waals surface area contributed by atoms with Gasteiger partial charge in [0.25, 0.3) is 0 Å². The molecule has 0 aliphatic carbocycles. The van der Waals surface area contributed by atoms with Crippen molar-refractivity contribution in [3.63, 3.8) is 0 Å². The van der Waals surface area contributed by atoms with Crippen molar-refractivity contribution >= 4 is 15.9 Å². The standard InChI is InChI=1S/C13H17BrN4O/c1-10(7-18-9-15-8-17-18)16-6-11-3-4-12(14)5-13(11)19-2/h3-5,8-10,16H,6-7H2,1-2H3/t10-/m0/s1. The zero-order valence-corrected chi connectivity index (χ0v) is 12.6. The highest BCUT2D eigenvalue weighted by Gasteiger charge is 2.07. The molecule has 102 valence electrons. The van der Waals surface area contributed by atoms with E-state index in [9.17, 15) is 0 Å². The summed E-state index contributed by atoms with van der Waals surface area (Å²) >= 11 is 3.44. The molecule has 0 spiro atoms. The van der Waals surface area contributed by atoms with Gasteiger partial charge in [-0.3, -0.25) is 4.68 Å². The van der Waals surface area contributed by atoms with Gasteiger partial charge in [-0.15, -0.1) is 0 Å². The van der Waals surface area contributed by atoms with Gasteiger partial charge in [0.2, 0.25) is 0 Å². The monoisotopic (exact) mass is 324 g/mol. The van der Waals surface area contributed by atoms with E-state index >= 15 is 0 Å². The molecule has 1 atom stereocenters. The van der Waals surface area contributed by atoms with Gasteiger partial charge in [-0.1, -0.05) is 22.0 Å². The van der Waals surface area contributed by atoms with Gasteiger partial charge in [-0.05, 0) is 19.1 Å². The molecule has 0 fully saturated rings. The molecule has 0 amide bonds. The lowest BCUT2D eigenvalue weighted by Crippen LogP contribution is -2.30. The maximum absolute atomic E-state index is 5.37. The molecule has 0 aliphatic heterocycles. The molecule has 1 N–H and O–H groups in total. The Kier molecular flexibility index (Phi) is 4.93. The number of halogens is 1. The number of hydrogen-bond donors (Lipinski definition) is 1. The van der Waals surface area contributed by atoms with Crippen LogP contribution in [0.1, 0.15) is 12.5 Å². The fourth-order valence-electron chi connectivity index (χ4n) is 1.82. The average Bonchev–Trinajstić information content (AvgIpc) is 2.90. The molecule has 1 aromatic carbocycles. The molecule has 5 nitrogen and oxygen atoms in total. The van der Waals surface area contributed by atoms with Crippen LogP contribution in [0.25, 0.3) is 0 Å². The summed E-state index contributed by atoms with van der Waals surface area (Å²) in [7, 11) is 1.68. The Labute approximate surface area is 121 Å². The zero-order chi connectivity index (χ0) is 13.7. The first kappa shape index (κ1) is 14.0. The van der Waals surface area contributed by atoms with Crippen molar-refractivity contribution in [2.45, 2.75) is 26.1 Å². The van der Waals surface area contributed by atoms with Crippen LogP contribution in [0.4, 0.5) is 0 Å². The third-order valence-electron chi connectivity index (χ3n) is 2.82. The van der Waals surface area contributed by atoms with Crippen molar-refractivity contribution in [2.75, 3.05) is 7.11 Å². The van der Waals surface area contributed by atoms with Gasteiger partial charge in [0.1, 0.15) is 18.4 Å². The van der Waals surface area contributed by atoms with Crippen LogP contribution in [0.5, 0.6) is 5.75 Å². The lowest BCUT2D eigenvalue weighted by molar-refractivity contribution is 0.400. The summed E-state index contributed by atoms with van der Waals surface area (Å²) in [6.45, 7) is 3.66. The lowest BCUT2D eigenvalue weighted by Gasteiger charge is -2.15. The van der Waals surface area contributed by atoms with Gasteiger partial charge in [0, 0.05) is 22.6 Å². The predicted molar refractivity (Wildman–Crippen MR) is 77.0 cm³/mol. The number of ether oxygens (including phenoxy) is 1. The summed E-state index contributed by atoms with van der Waals surface area (Å²) in [5.74, 6) is 0.884. The minimum Gasteiger partial charge on any atom is -0.496 e. The summed E-state index contributed by atoms with van der Waals surface area (Å²) < 4.78 is 8.20. The third-order valence-corrected chi connectivity index (χ3v) is 3.31. The van der Waals surface area contributed by atoms with Crippen molar-refractivity contribution < 1.29 is 4.74 Å². The molecule has 0 radical (unpaired) electrons. The SMILES string of the molecule is COc1cc(Br)ccc1CN[C@@H](C)Cn1cncn1. The molecule has 0 bridgehead atoms. The second kappa shape index (κ2) is 6.68. The summed E-state index contributed by atoms with van der Waals surface area (Å²) in [5, 5.41) is 7.54. The number of nitrogens with one attached hydrogen (secondary N) is 1. The van der Waals surface area contributed by atoms with Crippen LogP contribution >= 0.6 is 15.9 Å². The van der Waals surface area contributed by atoms with Crippen LogP contribution in [-0.2, 0) is 13.1 Å². The molecule has 0 saturated carbocycles. The number of rotatable bonds is 6. The maximum atomic E-state index is 5.37. The molecule has 0 aliphatic rings. The van der Waals surface area contributed by atoms with Crippen molar-refractivity contribution in [3.8, 4) is 5.75 Å². The van der Waals surface area contributed by atoms with E-state index in [1.807, 2.05) is 16.8 Å². The van der Waals surface area contributed by atoms with E-state index in [1.165, 1.54) is 0 Å². The van der Waals surface area contributed by atoms with Gasteiger partial charge in [0.05, 0.1) is 13.7 Å². The van der Waals surface area contributed by atoms with Gasteiger partial charge in [-0.25, -0.2) is 4.98 Å². The fraction of sp³-hybridized carbons (Fsp3) is 0.385. The fourth-order valence-corrected chi connectivity index (χ4v) is 2.16. The van der Waals surface area contributed by atoms with Crippen LogP contribution in [0.3, 0.4) is 0 Å². The van der Waals surface area contributed by atoms with E-state index in [0.29, 0.717) is 6.04 Å². The van der Waals surface area contributed by atoms with Crippen molar-refractivity contribution in [3.05, 3.63) is 40.9 Å². The second-order valence-electron chi connectivity index (χ2n) is 4.36. The van der Waals surface area contributed by atoms with Crippen LogP contribution in [0, 0.1) is 0 Å². The first-order valence-corrected chi connectivity index (χ1v) is 6.86. The minimum atomic E-state index is 0.301. The number of benzene rings is 1. The third kappa shape index (κ3) is 4.04. The molecule has 1 heterocycles. The molecular formula is C13H17BrN4O. The number of hydrogen-bond acceptors (Lipinski definition) is 4. The Bertz CT molecular complexity index is 515. The highest BCUT2D eigenvalue weighted by atomic mass is 79.9. The lowest BCUT2D eigenvalue weighted by atomic mass is 10.2. The van der Waals surface area contributed by atoms with Crippen LogP contribution in [0.15, 0.2) is 35.3 Å². The predicted octanol–water partition coefficient (Wildman–Crippen LogP) is 2.23. The molecule has 6 heteroatoms. The molecule has 0 unspecified atom stereocenters. The van der Waals surface area contributed by atoms with Gasteiger partial charge in [0.15, 0.2) is 0 Å². The largest absolute Gasteiger partial charge is 0.496 e. The van der Waals surface area contributed by atoms with Crippen LogP contribution in [-0.4, -0.2) is 27.9 Å². The summed E-state index contributed by atoms with van der Waals surface area (Å²) in [6, 6.07) is 6.34. The maximum Gasteiger partial charge on any atom is 0.137 e. The summed E-state index contributed by atoms with van der Waals surface area (Å²) in [5.41, 5.74) is 1.14. The molecule has 2 aromatic rings. The highest BCUT2D eigenvalue weighted by Crippen LogP contribution is 2.23. The Morgan fingerprint density at radius 3 is 3.00 bits per heavy atom. The zero-order valence-electron chi connectivity index (χ0n) is 11.0. The van der Waals surface area contributed by atoms with Gasteiger partial charge >= 0.3 is 0 Å². The Hall–Kier alpha value is -1.40. The quantitative estimate of drug-likeness (QED) is 0.885. The Balaban J connectivity index is 1.91. The van der Waals surface area contributed by atoms with Crippen LogP contribution < -0.4 is 10.1 Å². The van der Waals surface area contributed by atoms with E-state index in [1.54, 1.807) is 19.8 Å². The molecule has 0 saturated heterocycles. The van der Waals surface area contributed by atoms with Crippen molar-refractivity contribution in [1.29, 1.82) is 0 Å². The van der Waals surface area contributed by atoms with Crippen molar-refractivity contribution in [1.82, 2.24) is 20.1 Å². The first-order chi connectivity index (χ1) is 9.19. The summed E-state index contributed by atoms with van der Waals surface area (Å²) in [6.07, 6.45) is 3.27. The van der Waals surface area contributed by atoms with Crippen LogP contribution in [0.2, 0.25) is 0 Å². The topological polar surface area (TPSA) is 52.0 Å². The van der Waals surface area contributed by atoms with Gasteiger partial charge < -0.3 is 10.1 Å². The Morgan fingerprint density at radius 1 is 1.47 bits per heavy atom. The first-order valence-electron chi connectivity index (χ1n) is 6.07. The second-order valence-corrected chi connectivity index (χ2v) is 5.27. The van der Waals surface area contributed by atoms with E-state index in [-0.39, 0.29) is 0 Å². The summed E-state index contributed by atoms with van der Waals surface area (Å²) in [4.78, 5) is 3.93. The van der Waals surface area contributed by atoms with Gasteiger partial charge in [-0.2, -0.15) is 5.10 Å². The van der Waals surface area contributed by atoms with E-state index in [2.05, 4.69) is 44.3 Å². The minimum absolute atomic E-state index is 0.301. The average molecular weight is 325 g/mol. The normalized spacial score (nSPS) is 12.4. The molecular weight excluding hydrogens is 308 g/mol. The molecule has 19 heavy (non-hydrogen) atoms. The Morgan fingerprint density at radius 2 is 2.32 bits per heavy atom.